The van der Waals surface area contributed by atoms with Crippen molar-refractivity contribution in [2.75, 3.05) is 41.5 Å². The Labute approximate surface area is 234 Å². The zero-order valence-electron chi connectivity index (χ0n) is 22.1. The fourth-order valence-electron chi connectivity index (χ4n) is 4.57. The van der Waals surface area contributed by atoms with Crippen LogP contribution in [0.2, 0.25) is 0 Å². The number of carbonyl (C=O) groups is 1. The standard InChI is InChI=1S/C17H18FN3O3.C10H11N3O3S/c18-13-7-11-14(8-15(13)20-5-3-19-4-6-20)21(10-1-2-10)9-12(16(11)22)17(23)24;1-7-6-10(12-16-7)13-17(14,15)9-4-2-8(11)3-5-9/h7-10,19H,1-6H2,(H,23,24);2-6H,11H2,1H3,(H,12,13). The molecule has 0 amide bonds. The second-order valence-corrected chi connectivity index (χ2v) is 11.6. The maximum absolute atomic E-state index is 14.6. The van der Waals surface area contributed by atoms with Crippen LogP contribution in [0.4, 0.5) is 21.6 Å². The van der Waals surface area contributed by atoms with Gasteiger partial charge in [-0.1, -0.05) is 5.16 Å². The van der Waals surface area contributed by atoms with Crippen LogP contribution >= 0.6 is 0 Å². The number of fused-ring (bicyclic) bond motifs is 1. The smallest absolute Gasteiger partial charge is 0.341 e. The summed E-state index contributed by atoms with van der Waals surface area (Å²) in [6.07, 6.45) is 3.29. The number of aromatic carboxylic acids is 1. The number of aryl methyl sites for hydroxylation is 1. The average Bonchev–Trinajstić information content (AvgIpc) is 3.71. The number of aromatic nitrogens is 2. The Kier molecular flexibility index (Phi) is 7.69. The molecule has 14 heteroatoms. The van der Waals surface area contributed by atoms with Crippen LogP contribution in [0.3, 0.4) is 0 Å². The number of benzene rings is 2. The minimum Gasteiger partial charge on any atom is -0.477 e. The van der Waals surface area contributed by atoms with E-state index in [1.165, 1.54) is 42.6 Å². The molecule has 5 N–H and O–H groups in total. The highest BCUT2D eigenvalue weighted by Crippen LogP contribution is 2.38. The summed E-state index contributed by atoms with van der Waals surface area (Å²) >= 11 is 0. The van der Waals surface area contributed by atoms with Crippen LogP contribution in [0.1, 0.15) is 35.0 Å². The quantitative estimate of drug-likeness (QED) is 0.247. The van der Waals surface area contributed by atoms with Crippen molar-refractivity contribution < 1.29 is 27.2 Å². The highest BCUT2D eigenvalue weighted by molar-refractivity contribution is 7.92. The molecule has 1 aliphatic carbocycles. The van der Waals surface area contributed by atoms with E-state index in [0.29, 0.717) is 35.7 Å². The summed E-state index contributed by atoms with van der Waals surface area (Å²) in [7, 11) is -3.64. The lowest BCUT2D eigenvalue weighted by molar-refractivity contribution is 0.0694. The number of nitrogens with zero attached hydrogens (tertiary/aromatic N) is 3. The fourth-order valence-corrected chi connectivity index (χ4v) is 5.56. The largest absolute Gasteiger partial charge is 0.477 e. The van der Waals surface area contributed by atoms with Gasteiger partial charge in [0.15, 0.2) is 5.82 Å². The predicted molar refractivity (Wildman–Crippen MR) is 151 cm³/mol. The van der Waals surface area contributed by atoms with Crippen molar-refractivity contribution >= 4 is 44.1 Å². The van der Waals surface area contributed by atoms with Crippen LogP contribution in [-0.4, -0.2) is 55.4 Å². The minimum absolute atomic E-state index is 0.118. The molecule has 1 saturated heterocycles. The lowest BCUT2D eigenvalue weighted by Gasteiger charge is -2.30. The molecule has 4 aromatic rings. The van der Waals surface area contributed by atoms with Gasteiger partial charge >= 0.3 is 5.97 Å². The molecule has 216 valence electrons. The van der Waals surface area contributed by atoms with E-state index in [1.54, 1.807) is 13.0 Å². The molecule has 2 aromatic carbocycles. The number of nitrogen functional groups attached to an aromatic ring is 1. The summed E-state index contributed by atoms with van der Waals surface area (Å²) in [4.78, 5) is 25.8. The van der Waals surface area contributed by atoms with Crippen LogP contribution < -0.4 is 26.1 Å². The number of hydrogen-bond donors (Lipinski definition) is 4. The molecule has 0 spiro atoms. The third-order valence-electron chi connectivity index (χ3n) is 6.79. The lowest BCUT2D eigenvalue weighted by atomic mass is 10.1. The van der Waals surface area contributed by atoms with Crippen LogP contribution in [0.5, 0.6) is 0 Å². The van der Waals surface area contributed by atoms with Gasteiger partial charge in [0.1, 0.15) is 17.1 Å². The van der Waals surface area contributed by atoms with Gasteiger partial charge in [0.05, 0.1) is 16.1 Å². The summed E-state index contributed by atoms with van der Waals surface area (Å²) in [5, 5.41) is 16.2. The Morgan fingerprint density at radius 3 is 2.44 bits per heavy atom. The number of nitrogens with one attached hydrogen (secondary N) is 2. The molecular weight excluding hydrogens is 555 g/mol. The van der Waals surface area contributed by atoms with E-state index in [4.69, 9.17) is 10.3 Å². The first kappa shape index (κ1) is 28.1. The molecule has 41 heavy (non-hydrogen) atoms. The number of sulfonamides is 1. The van der Waals surface area contributed by atoms with Gasteiger partial charge in [-0.3, -0.25) is 9.52 Å². The number of anilines is 3. The Balaban J connectivity index is 0.000000175. The Morgan fingerprint density at radius 1 is 1.17 bits per heavy atom. The molecule has 2 aromatic heterocycles. The van der Waals surface area contributed by atoms with Crippen molar-refractivity contribution in [1.29, 1.82) is 0 Å². The van der Waals surface area contributed by atoms with E-state index >= 15 is 0 Å². The summed E-state index contributed by atoms with van der Waals surface area (Å²) < 4.78 is 47.3. The molecule has 0 radical (unpaired) electrons. The molecule has 1 saturated carbocycles. The second kappa shape index (κ2) is 11.2. The molecule has 2 fully saturated rings. The molecular formula is C27H29FN6O6S. The van der Waals surface area contributed by atoms with Crippen LogP contribution in [0.25, 0.3) is 10.9 Å². The van der Waals surface area contributed by atoms with Crippen LogP contribution in [0.15, 0.2) is 62.9 Å². The van der Waals surface area contributed by atoms with E-state index in [-0.39, 0.29) is 27.7 Å². The van der Waals surface area contributed by atoms with Gasteiger partial charge in [-0.25, -0.2) is 17.6 Å². The molecule has 3 heterocycles. The van der Waals surface area contributed by atoms with Crippen molar-refractivity contribution in [2.24, 2.45) is 0 Å². The van der Waals surface area contributed by atoms with Crippen LogP contribution in [-0.2, 0) is 10.0 Å². The van der Waals surface area contributed by atoms with Crippen molar-refractivity contribution in [3.63, 3.8) is 0 Å². The average molecular weight is 585 g/mol. The number of carboxylic acid groups (broad SMARTS) is 1. The maximum Gasteiger partial charge on any atom is 0.341 e. The number of nitrogens with two attached hydrogens (primary N) is 1. The molecule has 0 bridgehead atoms. The Bertz CT molecular complexity index is 1760. The van der Waals surface area contributed by atoms with Gasteiger partial charge in [0.25, 0.3) is 10.0 Å². The van der Waals surface area contributed by atoms with Gasteiger partial charge in [-0.15, -0.1) is 0 Å². The number of carboxylic acids is 1. The number of rotatable bonds is 6. The number of halogens is 1. The first-order chi connectivity index (χ1) is 19.5. The lowest BCUT2D eigenvalue weighted by Crippen LogP contribution is -2.43. The van der Waals surface area contributed by atoms with E-state index in [0.717, 1.165) is 25.9 Å². The first-order valence-electron chi connectivity index (χ1n) is 12.9. The number of pyridine rings is 1. The third kappa shape index (κ3) is 6.18. The zero-order valence-corrected chi connectivity index (χ0v) is 22.9. The van der Waals surface area contributed by atoms with Gasteiger partial charge in [0.2, 0.25) is 5.43 Å². The highest BCUT2D eigenvalue weighted by Gasteiger charge is 2.28. The van der Waals surface area contributed by atoms with Gasteiger partial charge in [0, 0.05) is 55.6 Å². The summed E-state index contributed by atoms with van der Waals surface area (Å²) in [5.41, 5.74) is 6.14. The van der Waals surface area contributed by atoms with Gasteiger partial charge < -0.3 is 30.1 Å². The summed E-state index contributed by atoms with van der Waals surface area (Å²) in [6.45, 7) is 4.64. The number of hydrogen-bond acceptors (Lipinski definition) is 9. The monoisotopic (exact) mass is 584 g/mol. The van der Waals surface area contributed by atoms with Crippen molar-refractivity contribution in [2.45, 2.75) is 30.7 Å². The Morgan fingerprint density at radius 2 is 1.85 bits per heavy atom. The van der Waals surface area contributed by atoms with E-state index in [9.17, 15) is 27.5 Å². The molecule has 0 unspecified atom stereocenters. The SMILES string of the molecule is Cc1cc(NS(=O)(=O)c2ccc(N)cc2)no1.O=C(O)c1cn(C2CC2)c2cc(N3CCNCC3)c(F)cc2c1=O. The van der Waals surface area contributed by atoms with Gasteiger partial charge in [-0.05, 0) is 56.2 Å². The van der Waals surface area contributed by atoms with Gasteiger partial charge in [-0.2, -0.15) is 0 Å². The topological polar surface area (TPSA) is 173 Å². The second-order valence-electron chi connectivity index (χ2n) is 9.87. The normalized spacial score (nSPS) is 15.3. The molecule has 12 nitrogen and oxygen atoms in total. The Hall–Kier alpha value is -4.43. The van der Waals surface area contributed by atoms with Crippen LogP contribution in [0, 0.1) is 12.7 Å². The summed E-state index contributed by atoms with van der Waals surface area (Å²) in [5.74, 6) is -1.08. The van der Waals surface area contributed by atoms with E-state index in [2.05, 4.69) is 15.2 Å². The minimum atomic E-state index is -3.64. The highest BCUT2D eigenvalue weighted by atomic mass is 32.2. The van der Waals surface area contributed by atoms with Crippen molar-refractivity contribution in [3.8, 4) is 0 Å². The molecule has 2 aliphatic rings. The van der Waals surface area contributed by atoms with E-state index in [1.807, 2.05) is 9.47 Å². The first-order valence-corrected chi connectivity index (χ1v) is 14.4. The summed E-state index contributed by atoms with van der Waals surface area (Å²) in [6, 6.07) is 10.4. The molecule has 1 aliphatic heterocycles. The fraction of sp³-hybridized carbons (Fsp3) is 0.296. The maximum atomic E-state index is 14.6. The molecule has 6 rings (SSSR count). The number of piperazine rings is 1. The predicted octanol–water partition coefficient (Wildman–Crippen LogP) is 2.95. The third-order valence-corrected chi connectivity index (χ3v) is 8.16. The van der Waals surface area contributed by atoms with Crippen molar-refractivity contribution in [3.05, 3.63) is 76.0 Å². The van der Waals surface area contributed by atoms with Crippen molar-refractivity contribution in [1.82, 2.24) is 15.0 Å². The van der Waals surface area contributed by atoms with E-state index < -0.39 is 27.2 Å². The zero-order chi connectivity index (χ0) is 29.3. The molecule has 0 atom stereocenters.